The van der Waals surface area contributed by atoms with Gasteiger partial charge >= 0.3 is 0 Å². The fraction of sp³-hybridized carbons (Fsp3) is 0.579. The van der Waals surface area contributed by atoms with Gasteiger partial charge in [-0.2, -0.15) is 0 Å². The maximum absolute atomic E-state index is 13.1. The van der Waals surface area contributed by atoms with E-state index in [1.165, 1.54) is 4.88 Å². The van der Waals surface area contributed by atoms with Gasteiger partial charge in [0.15, 0.2) is 10.2 Å². The van der Waals surface area contributed by atoms with Gasteiger partial charge in [0.1, 0.15) is 5.82 Å². The van der Waals surface area contributed by atoms with E-state index in [9.17, 15) is 4.79 Å². The molecule has 4 heterocycles. The fourth-order valence-corrected chi connectivity index (χ4v) is 5.85. The predicted octanol–water partition coefficient (Wildman–Crippen LogP) is 3.18. The first-order valence-electron chi connectivity index (χ1n) is 9.71. The number of nitrogens with zero attached hydrogens (tertiary/aromatic N) is 4. The van der Waals surface area contributed by atoms with E-state index in [0.717, 1.165) is 37.4 Å². The molecule has 4 atom stereocenters. The van der Waals surface area contributed by atoms with Crippen LogP contribution in [0.25, 0.3) is 0 Å². The van der Waals surface area contributed by atoms with Gasteiger partial charge in [-0.05, 0) is 30.9 Å². The highest BCUT2D eigenvalue weighted by Gasteiger charge is 2.44. The SMILES string of the molecule is CC1COCc2nc(C(=O)N3C[C@@H]4CC[C@@H](Nc5ccc(Cl)nn5)[C@@H]4C3)sc21. The number of aromatic nitrogens is 3. The van der Waals surface area contributed by atoms with Gasteiger partial charge in [-0.25, -0.2) is 4.98 Å². The highest BCUT2D eigenvalue weighted by atomic mass is 35.5. The lowest BCUT2D eigenvalue weighted by Crippen LogP contribution is -2.33. The van der Waals surface area contributed by atoms with E-state index in [4.69, 9.17) is 16.3 Å². The number of hydrogen-bond acceptors (Lipinski definition) is 7. The molecule has 9 heteroatoms. The molecule has 2 fully saturated rings. The number of thiazole rings is 1. The maximum atomic E-state index is 13.1. The van der Waals surface area contributed by atoms with Crippen molar-refractivity contribution in [2.45, 2.75) is 38.3 Å². The summed E-state index contributed by atoms with van der Waals surface area (Å²) in [5.74, 6) is 2.07. The minimum atomic E-state index is 0.0611. The van der Waals surface area contributed by atoms with Crippen molar-refractivity contribution in [1.82, 2.24) is 20.1 Å². The highest BCUT2D eigenvalue weighted by Crippen LogP contribution is 2.40. The Kier molecular flexibility index (Phi) is 4.72. The number of likely N-dealkylation sites (tertiary alicyclic amines) is 1. The van der Waals surface area contributed by atoms with Crippen molar-refractivity contribution >= 4 is 34.7 Å². The van der Waals surface area contributed by atoms with Crippen molar-refractivity contribution in [3.8, 4) is 0 Å². The van der Waals surface area contributed by atoms with E-state index in [2.05, 4.69) is 27.4 Å². The zero-order chi connectivity index (χ0) is 19.3. The molecule has 2 aromatic rings. The summed E-state index contributed by atoms with van der Waals surface area (Å²) in [6.07, 6.45) is 2.20. The van der Waals surface area contributed by atoms with E-state index in [1.807, 2.05) is 11.0 Å². The van der Waals surface area contributed by atoms with Gasteiger partial charge in [0, 0.05) is 35.8 Å². The summed E-state index contributed by atoms with van der Waals surface area (Å²) in [4.78, 5) is 20.9. The topological polar surface area (TPSA) is 80.2 Å². The Balaban J connectivity index is 1.27. The minimum absolute atomic E-state index is 0.0611. The lowest BCUT2D eigenvalue weighted by atomic mass is 9.98. The van der Waals surface area contributed by atoms with Gasteiger partial charge in [0.25, 0.3) is 5.91 Å². The molecule has 5 rings (SSSR count). The number of fused-ring (bicyclic) bond motifs is 2. The second-order valence-electron chi connectivity index (χ2n) is 7.95. The van der Waals surface area contributed by atoms with Crippen LogP contribution in [-0.4, -0.2) is 51.7 Å². The number of ether oxygens (including phenoxy) is 1. The zero-order valence-corrected chi connectivity index (χ0v) is 17.2. The van der Waals surface area contributed by atoms with Gasteiger partial charge in [-0.1, -0.05) is 18.5 Å². The monoisotopic (exact) mass is 419 g/mol. The maximum Gasteiger partial charge on any atom is 0.282 e. The average Bonchev–Trinajstić information content (AvgIpc) is 3.39. The molecule has 1 amide bonds. The van der Waals surface area contributed by atoms with Crippen molar-refractivity contribution in [2.24, 2.45) is 11.8 Å². The molecule has 0 radical (unpaired) electrons. The van der Waals surface area contributed by atoms with Gasteiger partial charge in [-0.15, -0.1) is 21.5 Å². The van der Waals surface area contributed by atoms with Crippen molar-refractivity contribution in [1.29, 1.82) is 0 Å². The molecule has 3 aliphatic rings. The fourth-order valence-electron chi connectivity index (χ4n) is 4.68. The molecular formula is C19H22ClN5O2S. The normalized spacial score (nSPS) is 28.9. The predicted molar refractivity (Wildman–Crippen MR) is 107 cm³/mol. The second kappa shape index (κ2) is 7.24. The van der Waals surface area contributed by atoms with Crippen LogP contribution in [0.15, 0.2) is 12.1 Å². The molecule has 1 aliphatic carbocycles. The Labute approximate surface area is 172 Å². The van der Waals surface area contributed by atoms with Crippen LogP contribution >= 0.6 is 22.9 Å². The highest BCUT2D eigenvalue weighted by molar-refractivity contribution is 7.13. The van der Waals surface area contributed by atoms with Crippen LogP contribution in [0.1, 0.15) is 46.1 Å². The van der Waals surface area contributed by atoms with Crippen LogP contribution in [0.2, 0.25) is 5.15 Å². The molecule has 2 aromatic heterocycles. The third-order valence-corrected chi connectivity index (χ3v) is 7.59. The van der Waals surface area contributed by atoms with Crippen molar-refractivity contribution in [2.75, 3.05) is 25.0 Å². The molecule has 28 heavy (non-hydrogen) atoms. The van der Waals surface area contributed by atoms with Gasteiger partial charge in [0.05, 0.1) is 18.9 Å². The largest absolute Gasteiger partial charge is 0.374 e. The Morgan fingerprint density at radius 3 is 3.00 bits per heavy atom. The molecule has 1 saturated heterocycles. The number of hydrogen-bond donors (Lipinski definition) is 1. The molecule has 1 saturated carbocycles. The number of nitrogens with one attached hydrogen (secondary N) is 1. The van der Waals surface area contributed by atoms with Crippen LogP contribution < -0.4 is 5.32 Å². The molecular weight excluding hydrogens is 398 g/mol. The first-order chi connectivity index (χ1) is 13.6. The summed E-state index contributed by atoms with van der Waals surface area (Å²) in [5.41, 5.74) is 0.937. The molecule has 7 nitrogen and oxygen atoms in total. The number of halogens is 1. The Morgan fingerprint density at radius 1 is 1.32 bits per heavy atom. The van der Waals surface area contributed by atoms with E-state index in [1.54, 1.807) is 17.4 Å². The van der Waals surface area contributed by atoms with E-state index < -0.39 is 0 Å². The summed E-state index contributed by atoms with van der Waals surface area (Å²) in [5, 5.41) is 12.5. The summed E-state index contributed by atoms with van der Waals surface area (Å²) in [7, 11) is 0. The summed E-state index contributed by atoms with van der Waals surface area (Å²) < 4.78 is 5.56. The number of carbonyl (C=O) groups excluding carboxylic acids is 1. The molecule has 0 bridgehead atoms. The van der Waals surface area contributed by atoms with Crippen LogP contribution in [0.3, 0.4) is 0 Å². The van der Waals surface area contributed by atoms with Crippen LogP contribution in [-0.2, 0) is 11.3 Å². The van der Waals surface area contributed by atoms with E-state index in [0.29, 0.717) is 47.2 Å². The lowest BCUT2D eigenvalue weighted by molar-refractivity contribution is 0.0776. The second-order valence-corrected chi connectivity index (χ2v) is 9.37. The third-order valence-electron chi connectivity index (χ3n) is 6.07. The summed E-state index contributed by atoms with van der Waals surface area (Å²) in [6.45, 7) is 4.92. The molecule has 0 spiro atoms. The van der Waals surface area contributed by atoms with Crippen LogP contribution in [0, 0.1) is 11.8 Å². The van der Waals surface area contributed by atoms with Crippen LogP contribution in [0.4, 0.5) is 5.82 Å². The summed E-state index contributed by atoms with van der Waals surface area (Å²) in [6, 6.07) is 3.89. The molecule has 1 unspecified atom stereocenters. The number of rotatable bonds is 3. The molecule has 2 aliphatic heterocycles. The Morgan fingerprint density at radius 2 is 2.21 bits per heavy atom. The van der Waals surface area contributed by atoms with Crippen molar-refractivity contribution < 1.29 is 9.53 Å². The van der Waals surface area contributed by atoms with Crippen LogP contribution in [0.5, 0.6) is 0 Å². The Bertz CT molecular complexity index is 889. The molecule has 1 N–H and O–H groups in total. The molecule has 0 aromatic carbocycles. The Hall–Kier alpha value is -1.77. The number of carbonyl (C=O) groups is 1. The average molecular weight is 420 g/mol. The first-order valence-corrected chi connectivity index (χ1v) is 10.9. The van der Waals surface area contributed by atoms with Gasteiger partial charge in [0.2, 0.25) is 0 Å². The molecule has 148 valence electrons. The quantitative estimate of drug-likeness (QED) is 0.822. The smallest absolute Gasteiger partial charge is 0.282 e. The van der Waals surface area contributed by atoms with Gasteiger partial charge in [-0.3, -0.25) is 4.79 Å². The lowest BCUT2D eigenvalue weighted by Gasteiger charge is -2.21. The minimum Gasteiger partial charge on any atom is -0.374 e. The summed E-state index contributed by atoms with van der Waals surface area (Å²) >= 11 is 7.36. The van der Waals surface area contributed by atoms with E-state index >= 15 is 0 Å². The van der Waals surface area contributed by atoms with Crippen molar-refractivity contribution in [3.05, 3.63) is 32.9 Å². The first kappa shape index (κ1) is 18.3. The van der Waals surface area contributed by atoms with E-state index in [-0.39, 0.29) is 5.91 Å². The number of anilines is 1. The zero-order valence-electron chi connectivity index (χ0n) is 15.6. The standard InChI is InChI=1S/C19H22ClN5O2S/c1-10-8-27-9-14-17(10)28-18(22-14)19(26)25-6-11-2-3-13(12(11)7-25)21-16-5-4-15(20)23-24-16/h4-5,10-13H,2-3,6-9H2,1H3,(H,21,24)/t10?,11-,12+,13+/m0/s1. The van der Waals surface area contributed by atoms with Gasteiger partial charge < -0.3 is 15.0 Å². The number of amides is 1. The third kappa shape index (κ3) is 3.27. The van der Waals surface area contributed by atoms with Crippen molar-refractivity contribution in [3.63, 3.8) is 0 Å².